The number of hydrogen-bond donors (Lipinski definition) is 0. The van der Waals surface area contributed by atoms with E-state index in [-0.39, 0.29) is 0 Å². The summed E-state index contributed by atoms with van der Waals surface area (Å²) >= 11 is 1.92. The minimum atomic E-state index is 0.503. The molecule has 0 amide bonds. The van der Waals surface area contributed by atoms with Crippen LogP contribution in [0.1, 0.15) is 64.0 Å². The maximum atomic E-state index is 2.66. The summed E-state index contributed by atoms with van der Waals surface area (Å²) in [6.07, 6.45) is 14.4. The van der Waals surface area contributed by atoms with Crippen LogP contribution >= 0.6 is 11.8 Å². The topological polar surface area (TPSA) is 3.24 Å². The first-order chi connectivity index (χ1) is 12.2. The highest BCUT2D eigenvalue weighted by Crippen LogP contribution is 2.49. The van der Waals surface area contributed by atoms with Crippen LogP contribution in [0.15, 0.2) is 46.2 Å². The standard InChI is InChI=1S/C23H33NS/c1-4-6-7-8-14-24-15-12-23(13-16-24)18-20-17-21(10-11-22(20)23)25-19(3)9-5-2/h6-7,9-11,17H,4-5,8,12-16,18H2,1-3H3/b7-6+,19-9?. The molecule has 1 aliphatic carbocycles. The van der Waals surface area contributed by atoms with Crippen molar-refractivity contribution in [3.63, 3.8) is 0 Å². The molecule has 1 saturated heterocycles. The van der Waals surface area contributed by atoms with E-state index in [0.717, 1.165) is 12.8 Å². The fourth-order valence-corrected chi connectivity index (χ4v) is 5.32. The van der Waals surface area contributed by atoms with E-state index in [1.54, 1.807) is 11.1 Å². The lowest BCUT2D eigenvalue weighted by Crippen LogP contribution is -2.48. The Labute approximate surface area is 158 Å². The van der Waals surface area contributed by atoms with Crippen molar-refractivity contribution in [3.8, 4) is 0 Å². The number of benzene rings is 1. The van der Waals surface area contributed by atoms with Crippen molar-refractivity contribution in [1.29, 1.82) is 0 Å². The van der Waals surface area contributed by atoms with E-state index < -0.39 is 0 Å². The van der Waals surface area contributed by atoms with E-state index in [1.165, 1.54) is 55.1 Å². The van der Waals surface area contributed by atoms with Crippen molar-refractivity contribution >= 4 is 11.8 Å². The Morgan fingerprint density at radius 1 is 1.16 bits per heavy atom. The van der Waals surface area contributed by atoms with Crippen molar-refractivity contribution in [3.05, 3.63) is 52.5 Å². The highest BCUT2D eigenvalue weighted by atomic mass is 32.2. The molecule has 2 heteroatoms. The van der Waals surface area contributed by atoms with E-state index in [4.69, 9.17) is 0 Å². The summed E-state index contributed by atoms with van der Waals surface area (Å²) in [5.41, 5.74) is 3.76. The van der Waals surface area contributed by atoms with Gasteiger partial charge >= 0.3 is 0 Å². The largest absolute Gasteiger partial charge is 0.303 e. The maximum Gasteiger partial charge on any atom is 0.0121 e. The molecule has 1 fully saturated rings. The number of piperidine rings is 1. The van der Waals surface area contributed by atoms with Crippen LogP contribution in [0.2, 0.25) is 0 Å². The van der Waals surface area contributed by atoms with Crippen LogP contribution in [0, 0.1) is 0 Å². The first-order valence-corrected chi connectivity index (χ1v) is 10.8. The van der Waals surface area contributed by atoms with Gasteiger partial charge in [0.1, 0.15) is 0 Å². The van der Waals surface area contributed by atoms with Gasteiger partial charge in [-0.2, -0.15) is 0 Å². The van der Waals surface area contributed by atoms with Crippen LogP contribution in [0.25, 0.3) is 0 Å². The fourth-order valence-electron chi connectivity index (χ4n) is 4.36. The monoisotopic (exact) mass is 355 g/mol. The number of nitrogens with zero attached hydrogens (tertiary/aromatic N) is 1. The molecule has 1 nitrogen and oxygen atoms in total. The van der Waals surface area contributed by atoms with E-state index in [2.05, 4.69) is 62.1 Å². The Balaban J connectivity index is 1.55. The SMILES string of the molecule is CCC=C(C)Sc1ccc2c(c1)CC21CCN(CC/C=C/CC)CC1. The molecule has 1 aliphatic heterocycles. The molecule has 0 atom stereocenters. The van der Waals surface area contributed by atoms with Gasteiger partial charge in [-0.3, -0.25) is 0 Å². The normalized spacial score (nSPS) is 20.0. The second-order valence-corrected chi connectivity index (χ2v) is 8.93. The number of likely N-dealkylation sites (tertiary alicyclic amines) is 1. The summed E-state index contributed by atoms with van der Waals surface area (Å²) < 4.78 is 0. The minimum absolute atomic E-state index is 0.503. The third-order valence-corrected chi connectivity index (χ3v) is 6.75. The van der Waals surface area contributed by atoms with E-state index >= 15 is 0 Å². The third kappa shape index (κ3) is 4.41. The molecule has 1 heterocycles. The first kappa shape index (κ1) is 18.8. The number of rotatable bonds is 7. The van der Waals surface area contributed by atoms with Gasteiger partial charge in [-0.15, -0.1) is 0 Å². The molecule has 136 valence electrons. The van der Waals surface area contributed by atoms with Gasteiger partial charge in [0.25, 0.3) is 0 Å². The van der Waals surface area contributed by atoms with Crippen molar-refractivity contribution in [2.45, 2.75) is 69.6 Å². The highest BCUT2D eigenvalue weighted by Gasteiger charge is 2.44. The van der Waals surface area contributed by atoms with Gasteiger partial charge in [0, 0.05) is 16.9 Å². The molecule has 0 saturated carbocycles. The Kier molecular flexibility index (Phi) is 6.46. The van der Waals surface area contributed by atoms with Gasteiger partial charge in [0.2, 0.25) is 0 Å². The van der Waals surface area contributed by atoms with Crippen LogP contribution < -0.4 is 0 Å². The van der Waals surface area contributed by atoms with Gasteiger partial charge in [-0.25, -0.2) is 0 Å². The smallest absolute Gasteiger partial charge is 0.0121 e. The lowest BCUT2D eigenvalue weighted by Gasteiger charge is -2.49. The number of hydrogen-bond acceptors (Lipinski definition) is 2. The predicted octanol–water partition coefficient (Wildman–Crippen LogP) is 6.34. The Bertz CT molecular complexity index is 635. The first-order valence-electron chi connectivity index (χ1n) is 10.0. The van der Waals surface area contributed by atoms with E-state index in [9.17, 15) is 0 Å². The number of thioether (sulfide) groups is 1. The van der Waals surface area contributed by atoms with Crippen LogP contribution in [-0.4, -0.2) is 24.5 Å². The molecule has 1 aromatic carbocycles. The van der Waals surface area contributed by atoms with Crippen LogP contribution in [0.3, 0.4) is 0 Å². The fraction of sp³-hybridized carbons (Fsp3) is 0.565. The summed E-state index contributed by atoms with van der Waals surface area (Å²) in [5, 5.41) is 0. The molecular weight excluding hydrogens is 322 g/mol. The van der Waals surface area contributed by atoms with Crippen LogP contribution in [0.5, 0.6) is 0 Å². The molecule has 25 heavy (non-hydrogen) atoms. The lowest BCUT2D eigenvalue weighted by atomic mass is 9.59. The molecule has 0 N–H and O–H groups in total. The van der Waals surface area contributed by atoms with Gasteiger partial charge in [-0.1, -0.05) is 49.9 Å². The summed E-state index contributed by atoms with van der Waals surface area (Å²) in [6.45, 7) is 10.4. The van der Waals surface area contributed by atoms with E-state index in [1.807, 2.05) is 11.8 Å². The third-order valence-electron chi connectivity index (χ3n) is 5.77. The van der Waals surface area contributed by atoms with Gasteiger partial charge in [-0.05, 0) is 86.7 Å². The molecule has 2 aliphatic rings. The van der Waals surface area contributed by atoms with Crippen LogP contribution in [0.4, 0.5) is 0 Å². The number of allylic oxidation sites excluding steroid dienone is 3. The maximum absolute atomic E-state index is 2.66. The van der Waals surface area contributed by atoms with Crippen molar-refractivity contribution in [2.24, 2.45) is 0 Å². The second kappa shape index (κ2) is 8.60. The summed E-state index contributed by atoms with van der Waals surface area (Å²) in [4.78, 5) is 5.49. The average molecular weight is 356 g/mol. The van der Waals surface area contributed by atoms with E-state index in [0.29, 0.717) is 5.41 Å². The Morgan fingerprint density at radius 3 is 2.64 bits per heavy atom. The summed E-state index contributed by atoms with van der Waals surface area (Å²) in [7, 11) is 0. The molecular formula is C23H33NS. The second-order valence-electron chi connectivity index (χ2n) is 7.61. The average Bonchev–Trinajstić information content (AvgIpc) is 2.59. The van der Waals surface area contributed by atoms with Crippen molar-refractivity contribution in [2.75, 3.05) is 19.6 Å². The van der Waals surface area contributed by atoms with Gasteiger partial charge in [0.15, 0.2) is 0 Å². The molecule has 1 spiro atoms. The molecule has 0 bridgehead atoms. The Morgan fingerprint density at radius 2 is 1.96 bits per heavy atom. The molecule has 3 rings (SSSR count). The zero-order chi connectivity index (χ0) is 17.7. The quantitative estimate of drug-likeness (QED) is 0.415. The molecule has 0 unspecified atom stereocenters. The van der Waals surface area contributed by atoms with Crippen LogP contribution in [-0.2, 0) is 11.8 Å². The minimum Gasteiger partial charge on any atom is -0.303 e. The molecule has 0 radical (unpaired) electrons. The molecule has 0 aromatic heterocycles. The van der Waals surface area contributed by atoms with Crippen molar-refractivity contribution < 1.29 is 0 Å². The predicted molar refractivity (Wildman–Crippen MR) is 111 cm³/mol. The van der Waals surface area contributed by atoms with Crippen molar-refractivity contribution in [1.82, 2.24) is 4.90 Å². The van der Waals surface area contributed by atoms with Gasteiger partial charge < -0.3 is 4.90 Å². The summed E-state index contributed by atoms with van der Waals surface area (Å²) in [6, 6.07) is 7.22. The van der Waals surface area contributed by atoms with Gasteiger partial charge in [0.05, 0.1) is 0 Å². The number of fused-ring (bicyclic) bond motifs is 2. The molecule has 1 aromatic rings. The summed E-state index contributed by atoms with van der Waals surface area (Å²) in [5.74, 6) is 0. The lowest BCUT2D eigenvalue weighted by molar-refractivity contribution is 0.145. The zero-order valence-electron chi connectivity index (χ0n) is 16.2. The zero-order valence-corrected chi connectivity index (χ0v) is 17.0. The highest BCUT2D eigenvalue weighted by molar-refractivity contribution is 8.03. The Hall–Kier alpha value is -0.990.